The number of hydrogen-bond acceptors (Lipinski definition) is 3. The minimum absolute atomic E-state index is 0.119. The van der Waals surface area contributed by atoms with Gasteiger partial charge in [-0.25, -0.2) is 0 Å². The molecule has 1 N–H and O–H groups in total. The summed E-state index contributed by atoms with van der Waals surface area (Å²) in [6.45, 7) is 5.13. The summed E-state index contributed by atoms with van der Waals surface area (Å²) in [4.78, 5) is 4.08. The van der Waals surface area contributed by atoms with Gasteiger partial charge in [-0.05, 0) is 24.1 Å². The average Bonchev–Trinajstić information content (AvgIpc) is 3.43. The smallest absolute Gasteiger partial charge is 0.177 e. The average molecular weight is 409 g/mol. The molecule has 1 aromatic carbocycles. The van der Waals surface area contributed by atoms with Crippen molar-refractivity contribution in [1.29, 1.82) is 0 Å². The topological polar surface area (TPSA) is 34.1 Å². The summed E-state index contributed by atoms with van der Waals surface area (Å²) in [5.74, 6) is 0.589. The van der Waals surface area contributed by atoms with E-state index >= 15 is 0 Å². The van der Waals surface area contributed by atoms with E-state index in [-0.39, 0.29) is 6.10 Å². The van der Waals surface area contributed by atoms with Crippen LogP contribution >= 0.6 is 23.2 Å². The lowest BCUT2D eigenvalue weighted by atomic mass is 10.1. The van der Waals surface area contributed by atoms with E-state index in [0.717, 1.165) is 30.6 Å². The van der Waals surface area contributed by atoms with Crippen molar-refractivity contribution in [2.45, 2.75) is 50.4 Å². The highest BCUT2D eigenvalue weighted by Crippen LogP contribution is 2.41. The maximum atomic E-state index is 6.50. The molecule has 1 aliphatic carbocycles. The second-order valence-electron chi connectivity index (χ2n) is 6.85. The van der Waals surface area contributed by atoms with Crippen LogP contribution in [0.5, 0.6) is 0 Å². The Hall–Kier alpha value is -0.913. The number of nitrogens with one attached hydrogen (secondary N) is 1. The Morgan fingerprint density at radius 2 is 1.81 bits per heavy atom. The SMILES string of the molecule is CC[SiH](CC)OC(CN[C@H]1C[C@@H]1c1ccccc1)c1c(Cl)cncc1Cl. The molecule has 0 saturated heterocycles. The van der Waals surface area contributed by atoms with Crippen LogP contribution in [0.15, 0.2) is 42.7 Å². The normalized spacial score (nSPS) is 20.3. The van der Waals surface area contributed by atoms with Crippen molar-refractivity contribution in [3.05, 3.63) is 63.9 Å². The van der Waals surface area contributed by atoms with Crippen LogP contribution in [0.2, 0.25) is 22.1 Å². The molecule has 1 heterocycles. The van der Waals surface area contributed by atoms with Crippen LogP contribution in [0.1, 0.15) is 43.4 Å². The molecule has 2 aromatic rings. The zero-order valence-corrected chi connectivity index (χ0v) is 18.0. The Morgan fingerprint density at radius 3 is 2.42 bits per heavy atom. The van der Waals surface area contributed by atoms with E-state index < -0.39 is 9.04 Å². The fraction of sp³-hybridized carbons (Fsp3) is 0.450. The van der Waals surface area contributed by atoms with Gasteiger partial charge in [0.25, 0.3) is 0 Å². The van der Waals surface area contributed by atoms with Gasteiger partial charge in [0.15, 0.2) is 9.04 Å². The third-order valence-corrected chi connectivity index (χ3v) is 8.20. The van der Waals surface area contributed by atoms with Crippen LogP contribution in [-0.2, 0) is 4.43 Å². The Balaban J connectivity index is 1.69. The van der Waals surface area contributed by atoms with Gasteiger partial charge in [-0.15, -0.1) is 0 Å². The second kappa shape index (κ2) is 9.33. The number of rotatable bonds is 9. The summed E-state index contributed by atoms with van der Waals surface area (Å²) < 4.78 is 6.50. The molecule has 26 heavy (non-hydrogen) atoms. The van der Waals surface area contributed by atoms with Crippen LogP contribution in [-0.4, -0.2) is 26.6 Å². The molecular weight excluding hydrogens is 383 g/mol. The quantitative estimate of drug-likeness (QED) is 0.567. The van der Waals surface area contributed by atoms with Crippen LogP contribution in [0.25, 0.3) is 0 Å². The Kier molecular flexibility index (Phi) is 7.12. The highest BCUT2D eigenvalue weighted by Gasteiger charge is 2.38. The van der Waals surface area contributed by atoms with Gasteiger partial charge in [-0.1, -0.05) is 67.4 Å². The largest absolute Gasteiger partial charge is 0.412 e. The van der Waals surface area contributed by atoms with Gasteiger partial charge >= 0.3 is 0 Å². The van der Waals surface area contributed by atoms with Crippen molar-refractivity contribution >= 4 is 32.2 Å². The van der Waals surface area contributed by atoms with E-state index in [9.17, 15) is 0 Å². The summed E-state index contributed by atoms with van der Waals surface area (Å²) in [5.41, 5.74) is 2.27. The molecule has 3 nitrogen and oxygen atoms in total. The molecule has 3 rings (SSSR count). The zero-order chi connectivity index (χ0) is 18.5. The maximum absolute atomic E-state index is 6.50. The van der Waals surface area contributed by atoms with E-state index in [4.69, 9.17) is 27.6 Å². The summed E-state index contributed by atoms with van der Waals surface area (Å²) in [6, 6.07) is 13.4. The van der Waals surface area contributed by atoms with Gasteiger partial charge in [-0.3, -0.25) is 4.98 Å². The van der Waals surface area contributed by atoms with E-state index in [1.54, 1.807) is 12.4 Å². The molecule has 1 aromatic heterocycles. The molecular formula is C20H26Cl2N2OSi. The van der Waals surface area contributed by atoms with Gasteiger partial charge in [0.2, 0.25) is 0 Å². The number of halogens is 2. The molecule has 0 bridgehead atoms. The number of hydrogen-bond donors (Lipinski definition) is 1. The van der Waals surface area contributed by atoms with Crippen LogP contribution in [0.4, 0.5) is 0 Å². The van der Waals surface area contributed by atoms with Gasteiger partial charge in [-0.2, -0.15) is 0 Å². The fourth-order valence-electron chi connectivity index (χ4n) is 3.41. The monoisotopic (exact) mass is 408 g/mol. The van der Waals surface area contributed by atoms with Crippen molar-refractivity contribution in [2.24, 2.45) is 0 Å². The molecule has 0 radical (unpaired) electrons. The first-order chi connectivity index (χ1) is 12.6. The Bertz CT molecular complexity index is 692. The first-order valence-electron chi connectivity index (χ1n) is 9.36. The predicted molar refractivity (Wildman–Crippen MR) is 112 cm³/mol. The lowest BCUT2D eigenvalue weighted by Crippen LogP contribution is -2.30. The first-order valence-corrected chi connectivity index (χ1v) is 12.2. The molecule has 1 aliphatic rings. The zero-order valence-electron chi connectivity index (χ0n) is 15.3. The molecule has 0 aliphatic heterocycles. The van der Waals surface area contributed by atoms with Crippen LogP contribution in [0.3, 0.4) is 0 Å². The van der Waals surface area contributed by atoms with Crippen molar-refractivity contribution in [3.63, 3.8) is 0 Å². The van der Waals surface area contributed by atoms with E-state index in [1.165, 1.54) is 5.56 Å². The first kappa shape index (κ1) is 19.8. The van der Waals surface area contributed by atoms with Crippen LogP contribution < -0.4 is 5.32 Å². The lowest BCUT2D eigenvalue weighted by Gasteiger charge is -2.25. The molecule has 1 fully saturated rings. The molecule has 1 unspecified atom stereocenters. The molecule has 0 spiro atoms. The third kappa shape index (κ3) is 4.87. The fourth-order valence-corrected chi connectivity index (χ4v) is 5.68. The number of nitrogens with zero attached hydrogens (tertiary/aromatic N) is 1. The summed E-state index contributed by atoms with van der Waals surface area (Å²) in [5, 5.41) is 4.84. The maximum Gasteiger partial charge on any atom is 0.177 e. The molecule has 3 atom stereocenters. The highest BCUT2D eigenvalue weighted by molar-refractivity contribution is 6.51. The van der Waals surface area contributed by atoms with Gasteiger partial charge in [0, 0.05) is 36.5 Å². The molecule has 1 saturated carbocycles. The highest BCUT2D eigenvalue weighted by atomic mass is 35.5. The summed E-state index contributed by atoms with van der Waals surface area (Å²) >= 11 is 12.8. The molecule has 0 amide bonds. The lowest BCUT2D eigenvalue weighted by molar-refractivity contribution is 0.199. The molecule has 140 valence electrons. The van der Waals surface area contributed by atoms with E-state index in [1.807, 2.05) is 0 Å². The van der Waals surface area contributed by atoms with Crippen molar-refractivity contribution in [3.8, 4) is 0 Å². The number of benzene rings is 1. The van der Waals surface area contributed by atoms with Crippen molar-refractivity contribution in [2.75, 3.05) is 6.54 Å². The standard InChI is InChI=1S/C20H26Cl2N2OSi/c1-3-26(4-2)25-19(20-16(21)11-23-12-17(20)22)13-24-18-10-15(18)14-8-6-5-7-9-14/h5-9,11-12,15,18-19,24,26H,3-4,10,13H2,1-2H3/t15-,18+,19?/m1/s1. The van der Waals surface area contributed by atoms with Crippen molar-refractivity contribution < 1.29 is 4.43 Å². The predicted octanol–water partition coefficient (Wildman–Crippen LogP) is 5.36. The van der Waals surface area contributed by atoms with Gasteiger partial charge < -0.3 is 9.74 Å². The second-order valence-corrected chi connectivity index (χ2v) is 10.8. The van der Waals surface area contributed by atoms with Gasteiger partial charge in [0.05, 0.1) is 16.1 Å². The molecule has 6 heteroatoms. The number of pyridine rings is 1. The Morgan fingerprint density at radius 1 is 1.15 bits per heavy atom. The van der Waals surface area contributed by atoms with E-state index in [0.29, 0.717) is 22.0 Å². The third-order valence-electron chi connectivity index (χ3n) is 5.06. The summed E-state index contributed by atoms with van der Waals surface area (Å²) in [7, 11) is -1.26. The minimum atomic E-state index is -1.26. The summed E-state index contributed by atoms with van der Waals surface area (Å²) in [6.07, 6.45) is 4.35. The van der Waals surface area contributed by atoms with Crippen molar-refractivity contribution in [1.82, 2.24) is 10.3 Å². The number of aromatic nitrogens is 1. The van der Waals surface area contributed by atoms with E-state index in [2.05, 4.69) is 54.5 Å². The van der Waals surface area contributed by atoms with Gasteiger partial charge in [0.1, 0.15) is 0 Å². The Labute approximate surface area is 167 Å². The van der Waals surface area contributed by atoms with Crippen LogP contribution in [0, 0.1) is 0 Å². The minimum Gasteiger partial charge on any atom is -0.412 e.